The molecule has 0 fully saturated rings. The van der Waals surface area contributed by atoms with Crippen LogP contribution in [0.1, 0.15) is 12.8 Å². The Morgan fingerprint density at radius 1 is 0.178 bits per heavy atom. The van der Waals surface area contributed by atoms with Gasteiger partial charge in [-0.2, -0.15) is 0 Å². The lowest BCUT2D eigenvalue weighted by Crippen LogP contribution is -1.84. The molecule has 0 aliphatic carbocycles. The van der Waals surface area contributed by atoms with E-state index in [1.54, 1.807) is 0 Å². The Bertz CT molecular complexity index is 5380. The van der Waals surface area contributed by atoms with Crippen LogP contribution in [0.25, 0.3) is 162 Å². The van der Waals surface area contributed by atoms with Crippen molar-refractivity contribution in [2.24, 2.45) is 0 Å². The molecule has 4 heteroatoms. The smallest absolute Gasteiger partial charge is 0.0786 e. The number of hydrogen-bond acceptors (Lipinski definition) is 4. The second kappa shape index (κ2) is 23.4. The van der Waals surface area contributed by atoms with Crippen LogP contribution >= 0.6 is 0 Å². The predicted molar refractivity (Wildman–Crippen MR) is 390 cm³/mol. The molecule has 4 heterocycles. The number of pyridine rings is 4. The summed E-state index contributed by atoms with van der Waals surface area (Å²) >= 11 is 0. The van der Waals surface area contributed by atoms with Gasteiger partial charge in [0, 0.05) is 75.4 Å². The molecule has 0 saturated heterocycles. The third-order valence-electron chi connectivity index (χ3n) is 17.4. The predicted octanol–water partition coefficient (Wildman–Crippen LogP) is 23.8. The maximum atomic E-state index is 7.86. The van der Waals surface area contributed by atoms with Crippen molar-refractivity contribution in [2.45, 2.75) is 0 Å². The highest BCUT2D eigenvalue weighted by atomic mass is 14.7. The summed E-state index contributed by atoms with van der Waals surface area (Å²) in [6, 6.07) is 94.3. The van der Waals surface area contributed by atoms with Gasteiger partial charge in [0.05, 0.1) is 17.9 Å². The monoisotopic (exact) mass is 1160 g/mol. The molecule has 0 saturated carbocycles. The van der Waals surface area contributed by atoms with Gasteiger partial charge in [0.2, 0.25) is 0 Å². The van der Waals surface area contributed by atoms with Gasteiger partial charge in [-0.25, -0.2) is 0 Å². The quantitative estimate of drug-likeness (QED) is 0.142. The summed E-state index contributed by atoms with van der Waals surface area (Å²) in [4.78, 5) is 17.6. The molecule has 0 aliphatic heterocycles. The third-order valence-corrected chi connectivity index (χ3v) is 17.4. The Morgan fingerprint density at radius 3 is 0.633 bits per heavy atom. The maximum absolute atomic E-state index is 7.86. The highest BCUT2D eigenvalue weighted by Crippen LogP contribution is 2.39. The standard InChI is InChI=1S/C18H12.4C17H11N.2H2/c1-2-8-14-13(7-1)15-9-3-4-11-17(15)18-12-6-5-10-16(14)18;2*1-2-7-14-12(6-1)13-8-3-4-9-15(13)17-16(14)10-5-11-18-17;2*1-2-7-14-12(5-1)13-6-3-4-8-15(13)17-11-18-10-9-16(14)17;;/h1-12H;4*1-11H;2*1H/i1D;3D;2D;3D;1D;2*1+1D. The second-order valence-corrected chi connectivity index (χ2v) is 22.3. The molecule has 0 unspecified atom stereocenters. The molecule has 424 valence electrons. The summed E-state index contributed by atoms with van der Waals surface area (Å²) in [5.74, 6) is 0. The summed E-state index contributed by atoms with van der Waals surface area (Å²) in [5.41, 5.74) is 2.02. The average Bonchev–Trinajstić information content (AvgIpc) is 0.790. The van der Waals surface area contributed by atoms with Crippen molar-refractivity contribution < 1.29 is 12.8 Å². The lowest BCUT2D eigenvalue weighted by Gasteiger charge is -2.09. The van der Waals surface area contributed by atoms with Crippen LogP contribution in [-0.4, -0.2) is 19.9 Å². The fourth-order valence-corrected chi connectivity index (χ4v) is 13.5. The van der Waals surface area contributed by atoms with Crippen LogP contribution in [0.2, 0.25) is 0 Å². The van der Waals surface area contributed by atoms with Crippen LogP contribution in [0.3, 0.4) is 0 Å². The first kappa shape index (κ1) is 46.3. The zero-order valence-corrected chi connectivity index (χ0v) is 48.7. The number of fused-ring (bicyclic) bond motifs is 30. The molecule has 0 aliphatic rings. The zero-order chi connectivity index (χ0) is 68.1. The Kier molecular flexibility index (Phi) is 12.0. The second-order valence-electron chi connectivity index (χ2n) is 22.3. The summed E-state index contributed by atoms with van der Waals surface area (Å²) in [6.45, 7) is 0. The molecule has 0 amide bonds. The van der Waals surface area contributed by atoms with Crippen LogP contribution in [-0.2, 0) is 0 Å². The SMILES string of the molecule is [2H][2H].[2H][2H].[2H]c1ccc2c(c1)c1ccccc1c1cccnc12.[2H]c1ccc2c3ccccc3c3ccccc3c2c1.[2H]c1ccc2c3ccccc3c3ncccc3c2c1.[2H]c1ccc2c3ccncc3c3ccccc3c2c1.[2H]c1ccc2c3cnccc3c3ccccc3c2c1. The molecular formula is C86H60N4. The highest BCUT2D eigenvalue weighted by Gasteiger charge is 2.12. The first-order chi connectivity index (χ1) is 48.7. The Morgan fingerprint density at radius 2 is 0.356 bits per heavy atom. The van der Waals surface area contributed by atoms with Crippen LogP contribution in [0.5, 0.6) is 0 Å². The third kappa shape index (κ3) is 9.43. The molecule has 20 rings (SSSR count). The molecule has 90 heavy (non-hydrogen) atoms. The largest absolute Gasteiger partial charge is 0.264 e. The van der Waals surface area contributed by atoms with E-state index in [9.17, 15) is 0 Å². The van der Waals surface area contributed by atoms with E-state index in [1.807, 2.05) is 183 Å². The van der Waals surface area contributed by atoms with Gasteiger partial charge in [-0.05, 0) is 143 Å². The van der Waals surface area contributed by atoms with Gasteiger partial charge in [0.15, 0.2) is 0 Å². The minimum atomic E-state index is 0.535. The van der Waals surface area contributed by atoms with Gasteiger partial charge in [-0.3, -0.25) is 19.9 Å². The fourth-order valence-electron chi connectivity index (χ4n) is 13.5. The Labute approximate surface area is 532 Å². The average molecular weight is 1160 g/mol. The van der Waals surface area contributed by atoms with Gasteiger partial charge in [-0.15, -0.1) is 0 Å². The van der Waals surface area contributed by atoms with E-state index in [0.29, 0.717) is 30.2 Å². The normalized spacial score (nSPS) is 12.3. The summed E-state index contributed by atoms with van der Waals surface area (Å²) in [7, 11) is 0. The molecule has 16 aromatic carbocycles. The van der Waals surface area contributed by atoms with Crippen molar-refractivity contribution in [1.29, 1.82) is 0 Å². The van der Waals surface area contributed by atoms with Gasteiger partial charge in [0.1, 0.15) is 0 Å². The number of rotatable bonds is 0. The topological polar surface area (TPSA) is 51.6 Å². The molecule has 4 nitrogen and oxygen atoms in total. The van der Waals surface area contributed by atoms with Gasteiger partial charge < -0.3 is 0 Å². The van der Waals surface area contributed by atoms with Crippen LogP contribution in [0.15, 0.2) is 340 Å². The molecule has 4 aromatic heterocycles. The van der Waals surface area contributed by atoms with Crippen molar-refractivity contribution in [3.8, 4) is 0 Å². The lowest BCUT2D eigenvalue weighted by atomic mass is 9.95. The van der Waals surface area contributed by atoms with Crippen molar-refractivity contribution in [1.82, 2.24) is 19.9 Å². The maximum Gasteiger partial charge on any atom is 0.0786 e. The number of aromatic nitrogens is 4. The van der Waals surface area contributed by atoms with Crippen LogP contribution < -0.4 is 0 Å². The Balaban J connectivity index is 0.000000104. The number of hydrogen-bond donors (Lipinski definition) is 0. The van der Waals surface area contributed by atoms with Crippen molar-refractivity contribution in [3.63, 3.8) is 0 Å². The molecule has 0 N–H and O–H groups in total. The van der Waals surface area contributed by atoms with Gasteiger partial charge in [0.25, 0.3) is 0 Å². The molecule has 0 radical (unpaired) electrons. The summed E-state index contributed by atoms with van der Waals surface area (Å²) in [5, 5.41) is 33.1. The first-order valence-corrected chi connectivity index (χ1v) is 30.1. The minimum Gasteiger partial charge on any atom is -0.264 e. The number of benzene rings is 16. The first-order valence-electron chi connectivity index (χ1n) is 34.6. The van der Waals surface area contributed by atoms with Crippen molar-refractivity contribution in [2.75, 3.05) is 0 Å². The van der Waals surface area contributed by atoms with E-state index in [1.165, 1.54) is 108 Å². The van der Waals surface area contributed by atoms with Crippen molar-refractivity contribution >= 4 is 162 Å². The minimum absolute atomic E-state index is 0.535. The van der Waals surface area contributed by atoms with E-state index in [0.717, 1.165) is 54.1 Å². The van der Waals surface area contributed by atoms with Crippen LogP contribution in [0, 0.1) is 0 Å². The van der Waals surface area contributed by atoms with E-state index in [2.05, 4.69) is 147 Å². The van der Waals surface area contributed by atoms with Gasteiger partial charge >= 0.3 is 0 Å². The fraction of sp³-hybridized carbons (Fsp3) is 0. The Hall–Kier alpha value is -12.0. The van der Waals surface area contributed by atoms with E-state index in [4.69, 9.17) is 12.8 Å². The molecule has 0 bridgehead atoms. The highest BCUT2D eigenvalue weighted by molar-refractivity contribution is 6.29. The molecule has 0 spiro atoms. The molecule has 20 aromatic rings. The lowest BCUT2D eigenvalue weighted by molar-refractivity contribution is 1.37. The summed E-state index contributed by atoms with van der Waals surface area (Å²) < 4.78 is 59.2. The van der Waals surface area contributed by atoms with Gasteiger partial charge in [-0.1, -0.05) is 279 Å². The van der Waals surface area contributed by atoms with E-state index >= 15 is 0 Å². The molecular weight excluding hydrogens is 1090 g/mol. The molecule has 0 atom stereocenters. The van der Waals surface area contributed by atoms with Crippen molar-refractivity contribution in [3.05, 3.63) is 340 Å². The zero-order valence-electron chi connectivity index (χ0n) is 57.7. The summed E-state index contributed by atoms with van der Waals surface area (Å²) in [6.07, 6.45) is 11.1. The number of nitrogens with zero attached hydrogens (tertiary/aromatic N) is 4. The van der Waals surface area contributed by atoms with Crippen LogP contribution in [0.4, 0.5) is 0 Å². The van der Waals surface area contributed by atoms with E-state index in [-0.39, 0.29) is 0 Å². The van der Waals surface area contributed by atoms with E-state index < -0.39 is 0 Å².